The van der Waals surface area contributed by atoms with Gasteiger partial charge in [0.2, 0.25) is 0 Å². The van der Waals surface area contributed by atoms with Crippen LogP contribution < -0.4 is 0 Å². The van der Waals surface area contributed by atoms with Gasteiger partial charge in [-0.3, -0.25) is 29.8 Å². The zero-order valence-corrected chi connectivity index (χ0v) is 17.5. The van der Waals surface area contributed by atoms with E-state index in [2.05, 4.69) is 0 Å². The molecule has 1 amide bonds. The van der Waals surface area contributed by atoms with E-state index in [1.165, 1.54) is 53.4 Å². The topological polar surface area (TPSA) is 144 Å². The monoisotopic (exact) mass is 459 g/mol. The lowest BCUT2D eigenvalue weighted by Gasteiger charge is -2.25. The number of carbonyl (C=O) groups is 2. The third kappa shape index (κ3) is 4.11. The number of aliphatic hydroxyl groups excluding tert-OH is 1. The average molecular weight is 459 g/mol. The summed E-state index contributed by atoms with van der Waals surface area (Å²) in [6.07, 6.45) is 0. The maximum atomic E-state index is 13.0. The minimum absolute atomic E-state index is 0.0596. The zero-order chi connectivity index (χ0) is 24.4. The van der Waals surface area contributed by atoms with Crippen LogP contribution in [0.1, 0.15) is 22.7 Å². The molecule has 1 unspecified atom stereocenters. The van der Waals surface area contributed by atoms with Gasteiger partial charge in [-0.05, 0) is 35.4 Å². The molecule has 4 rings (SSSR count). The highest BCUT2D eigenvalue weighted by atomic mass is 16.6. The van der Waals surface area contributed by atoms with E-state index in [1.54, 1.807) is 30.3 Å². The van der Waals surface area contributed by atoms with Gasteiger partial charge >= 0.3 is 0 Å². The fourth-order valence-corrected chi connectivity index (χ4v) is 3.84. The molecule has 1 aliphatic rings. The Balaban J connectivity index is 1.84. The second-order valence-electron chi connectivity index (χ2n) is 7.57. The van der Waals surface area contributed by atoms with Crippen LogP contribution in [-0.4, -0.2) is 31.5 Å². The number of carbonyl (C=O) groups excluding carboxylic acids is 2. The SMILES string of the molecule is O=C1C(=O)N(Cc2ccccc2)C(c2ccc([N+](=O)[O-])cc2)C1=C(O)c1ccc([N+](=O)[O-])cc1. The van der Waals surface area contributed by atoms with Crippen LogP contribution in [-0.2, 0) is 16.1 Å². The van der Waals surface area contributed by atoms with Gasteiger partial charge in [0.05, 0.1) is 21.5 Å². The number of hydrogen-bond donors (Lipinski definition) is 1. The standard InChI is InChI=1S/C24H17N3O7/c28-22(17-8-12-19(13-9-17)27(33)34)20-21(16-6-10-18(11-7-16)26(31)32)25(24(30)23(20)29)14-15-4-2-1-3-5-15/h1-13,21,28H,14H2. The summed E-state index contributed by atoms with van der Waals surface area (Å²) in [5.74, 6) is -2.25. The summed E-state index contributed by atoms with van der Waals surface area (Å²) in [4.78, 5) is 48.1. The van der Waals surface area contributed by atoms with Crippen molar-refractivity contribution in [1.29, 1.82) is 0 Å². The minimum Gasteiger partial charge on any atom is -0.507 e. The molecule has 1 atom stereocenters. The van der Waals surface area contributed by atoms with Gasteiger partial charge in [-0.1, -0.05) is 30.3 Å². The number of nitro benzene ring substituents is 2. The van der Waals surface area contributed by atoms with Crippen LogP contribution >= 0.6 is 0 Å². The van der Waals surface area contributed by atoms with E-state index in [-0.39, 0.29) is 29.1 Å². The van der Waals surface area contributed by atoms with Crippen molar-refractivity contribution in [2.45, 2.75) is 12.6 Å². The average Bonchev–Trinajstić information content (AvgIpc) is 3.09. The summed E-state index contributed by atoms with van der Waals surface area (Å²) < 4.78 is 0. The second kappa shape index (κ2) is 8.94. The normalized spacial score (nSPS) is 17.1. The largest absolute Gasteiger partial charge is 0.507 e. The number of nitro groups is 2. The van der Waals surface area contributed by atoms with Crippen LogP contribution in [0.2, 0.25) is 0 Å². The summed E-state index contributed by atoms with van der Waals surface area (Å²) in [5, 5.41) is 33.0. The summed E-state index contributed by atoms with van der Waals surface area (Å²) in [5.41, 5.74) is 0.682. The number of ketones is 1. The lowest BCUT2D eigenvalue weighted by molar-refractivity contribution is -0.385. The number of aliphatic hydroxyl groups is 1. The predicted octanol–water partition coefficient (Wildman–Crippen LogP) is 4.12. The Kier molecular flexibility index (Phi) is 5.88. The molecule has 0 saturated carbocycles. The van der Waals surface area contributed by atoms with Crippen molar-refractivity contribution in [3.63, 3.8) is 0 Å². The molecule has 1 fully saturated rings. The van der Waals surface area contributed by atoms with Crippen LogP contribution in [0.3, 0.4) is 0 Å². The van der Waals surface area contributed by atoms with Crippen molar-refractivity contribution in [3.8, 4) is 0 Å². The Morgan fingerprint density at radius 2 is 1.35 bits per heavy atom. The van der Waals surface area contributed by atoms with Crippen LogP contribution in [0.4, 0.5) is 11.4 Å². The molecule has 10 heteroatoms. The fraction of sp³-hybridized carbons (Fsp3) is 0.0833. The predicted molar refractivity (Wildman–Crippen MR) is 120 cm³/mol. The Hall–Kier alpha value is -4.86. The number of Topliss-reactive ketones (excluding diaryl/α,β-unsaturated/α-hetero) is 1. The summed E-state index contributed by atoms with van der Waals surface area (Å²) in [7, 11) is 0. The van der Waals surface area contributed by atoms with Gasteiger partial charge in [-0.2, -0.15) is 0 Å². The van der Waals surface area contributed by atoms with E-state index < -0.39 is 33.3 Å². The summed E-state index contributed by atoms with van der Waals surface area (Å²) >= 11 is 0. The van der Waals surface area contributed by atoms with Crippen molar-refractivity contribution >= 4 is 28.8 Å². The molecule has 10 nitrogen and oxygen atoms in total. The van der Waals surface area contributed by atoms with Crippen molar-refractivity contribution < 1.29 is 24.5 Å². The number of hydrogen-bond acceptors (Lipinski definition) is 7. The minimum atomic E-state index is -1.02. The highest BCUT2D eigenvalue weighted by molar-refractivity contribution is 6.46. The van der Waals surface area contributed by atoms with Gasteiger partial charge < -0.3 is 10.0 Å². The van der Waals surface area contributed by atoms with E-state index >= 15 is 0 Å². The van der Waals surface area contributed by atoms with Crippen LogP contribution in [0.5, 0.6) is 0 Å². The molecule has 1 N–H and O–H groups in total. The number of non-ortho nitro benzene ring substituents is 2. The van der Waals surface area contributed by atoms with Gasteiger partial charge in [0.25, 0.3) is 23.1 Å². The molecular weight excluding hydrogens is 442 g/mol. The van der Waals surface area contributed by atoms with Gasteiger partial charge in [0.15, 0.2) is 0 Å². The highest BCUT2D eigenvalue weighted by Crippen LogP contribution is 2.40. The molecular formula is C24H17N3O7. The van der Waals surface area contributed by atoms with E-state index in [1.807, 2.05) is 0 Å². The van der Waals surface area contributed by atoms with Crippen molar-refractivity contribution in [2.75, 3.05) is 0 Å². The molecule has 3 aromatic carbocycles. The van der Waals surface area contributed by atoms with E-state index in [4.69, 9.17) is 0 Å². The van der Waals surface area contributed by atoms with Gasteiger partial charge in [-0.15, -0.1) is 0 Å². The lowest BCUT2D eigenvalue weighted by atomic mass is 9.95. The molecule has 1 aliphatic heterocycles. The van der Waals surface area contributed by atoms with Crippen molar-refractivity contribution in [3.05, 3.63) is 121 Å². The number of benzene rings is 3. The molecule has 0 bridgehead atoms. The fourth-order valence-electron chi connectivity index (χ4n) is 3.84. The number of nitrogens with zero attached hydrogens (tertiary/aromatic N) is 3. The maximum Gasteiger partial charge on any atom is 0.295 e. The number of likely N-dealkylation sites (tertiary alicyclic amines) is 1. The zero-order valence-electron chi connectivity index (χ0n) is 17.5. The lowest BCUT2D eigenvalue weighted by Crippen LogP contribution is -2.29. The van der Waals surface area contributed by atoms with Crippen molar-refractivity contribution in [2.24, 2.45) is 0 Å². The Morgan fingerprint density at radius 3 is 1.88 bits per heavy atom. The Morgan fingerprint density at radius 1 is 0.824 bits per heavy atom. The summed E-state index contributed by atoms with van der Waals surface area (Å²) in [6.45, 7) is 0.0596. The van der Waals surface area contributed by atoms with Gasteiger partial charge in [0.1, 0.15) is 5.76 Å². The molecule has 1 saturated heterocycles. The van der Waals surface area contributed by atoms with E-state index in [0.717, 1.165) is 5.56 Å². The van der Waals surface area contributed by atoms with Crippen molar-refractivity contribution in [1.82, 2.24) is 4.90 Å². The molecule has 34 heavy (non-hydrogen) atoms. The Labute approximate surface area is 192 Å². The Bertz CT molecular complexity index is 1320. The molecule has 0 spiro atoms. The first kappa shape index (κ1) is 22.3. The van der Waals surface area contributed by atoms with E-state index in [9.17, 15) is 34.9 Å². The number of amides is 1. The van der Waals surface area contributed by atoms with Crippen LogP contribution in [0.25, 0.3) is 5.76 Å². The molecule has 0 radical (unpaired) electrons. The van der Waals surface area contributed by atoms with Crippen LogP contribution in [0.15, 0.2) is 84.4 Å². The second-order valence-corrected chi connectivity index (χ2v) is 7.57. The maximum absolute atomic E-state index is 13.0. The first-order valence-corrected chi connectivity index (χ1v) is 10.1. The smallest absolute Gasteiger partial charge is 0.295 e. The summed E-state index contributed by atoms with van der Waals surface area (Å²) in [6, 6.07) is 18.2. The molecule has 0 aromatic heterocycles. The van der Waals surface area contributed by atoms with Crippen LogP contribution in [0, 0.1) is 20.2 Å². The highest BCUT2D eigenvalue weighted by Gasteiger charge is 2.46. The number of rotatable bonds is 6. The quantitative estimate of drug-likeness (QED) is 0.192. The van der Waals surface area contributed by atoms with Gasteiger partial charge in [0, 0.05) is 36.4 Å². The molecule has 1 heterocycles. The first-order chi connectivity index (χ1) is 16.3. The third-order valence-corrected chi connectivity index (χ3v) is 5.51. The third-order valence-electron chi connectivity index (χ3n) is 5.51. The molecule has 0 aliphatic carbocycles. The molecule has 170 valence electrons. The first-order valence-electron chi connectivity index (χ1n) is 10.1. The molecule has 3 aromatic rings. The van der Waals surface area contributed by atoms with Gasteiger partial charge in [-0.25, -0.2) is 0 Å². The van der Waals surface area contributed by atoms with E-state index in [0.29, 0.717) is 5.56 Å².